The number of halogens is 3. The molecule has 4 nitrogen and oxygen atoms in total. The molecule has 8 heteroatoms. The first-order valence-corrected chi connectivity index (χ1v) is 7.67. The first-order chi connectivity index (χ1) is 10.4. The second-order valence-electron chi connectivity index (χ2n) is 5.36. The Morgan fingerprint density at radius 3 is 2.36 bits per heavy atom. The monoisotopic (exact) mass is 329 g/mol. The van der Waals surface area contributed by atoms with E-state index < -0.39 is 11.0 Å². The number of thioether (sulfide) groups is 1. The minimum Gasteiger partial charge on any atom is -0.334 e. The molecular formula is C14H14F3N3OS. The zero-order valence-corrected chi connectivity index (χ0v) is 12.4. The number of hydrogen-bond acceptors (Lipinski definition) is 5. The van der Waals surface area contributed by atoms with Crippen LogP contribution in [0.15, 0.2) is 33.7 Å². The largest absolute Gasteiger partial charge is 0.446 e. The molecular weight excluding hydrogens is 315 g/mol. The van der Waals surface area contributed by atoms with Gasteiger partial charge < -0.3 is 10.3 Å². The van der Waals surface area contributed by atoms with E-state index in [0.717, 1.165) is 25.7 Å². The lowest BCUT2D eigenvalue weighted by Crippen LogP contribution is -2.34. The van der Waals surface area contributed by atoms with Crippen molar-refractivity contribution >= 4 is 11.8 Å². The van der Waals surface area contributed by atoms with Crippen LogP contribution in [0.2, 0.25) is 0 Å². The number of nitrogens with two attached hydrogens (primary N) is 1. The summed E-state index contributed by atoms with van der Waals surface area (Å²) in [6.45, 7) is 0. The number of hydrogen-bond donors (Lipinski definition) is 1. The third-order valence-electron chi connectivity index (χ3n) is 3.70. The molecule has 0 saturated heterocycles. The van der Waals surface area contributed by atoms with Crippen LogP contribution in [-0.2, 0) is 5.54 Å². The van der Waals surface area contributed by atoms with Gasteiger partial charge in [-0.2, -0.15) is 18.2 Å². The summed E-state index contributed by atoms with van der Waals surface area (Å²) in [5.41, 5.74) is 1.98. The van der Waals surface area contributed by atoms with Crippen molar-refractivity contribution < 1.29 is 17.7 Å². The Morgan fingerprint density at radius 2 is 1.77 bits per heavy atom. The highest BCUT2D eigenvalue weighted by Crippen LogP contribution is 2.38. The Labute approximate surface area is 129 Å². The number of benzene rings is 1. The van der Waals surface area contributed by atoms with Gasteiger partial charge in [-0.25, -0.2) is 0 Å². The second kappa shape index (κ2) is 5.58. The summed E-state index contributed by atoms with van der Waals surface area (Å²) in [5, 5.41) is 3.93. The maximum atomic E-state index is 12.3. The van der Waals surface area contributed by atoms with Gasteiger partial charge in [0.25, 0.3) is 5.89 Å². The van der Waals surface area contributed by atoms with Crippen LogP contribution in [0.4, 0.5) is 13.2 Å². The van der Waals surface area contributed by atoms with E-state index in [-0.39, 0.29) is 22.5 Å². The van der Waals surface area contributed by atoms with E-state index >= 15 is 0 Å². The maximum Gasteiger partial charge on any atom is 0.446 e. The predicted octanol–water partition coefficient (Wildman–Crippen LogP) is 4.08. The molecule has 0 aliphatic heterocycles. The molecule has 1 aromatic heterocycles. The van der Waals surface area contributed by atoms with Crippen LogP contribution in [0.25, 0.3) is 11.5 Å². The summed E-state index contributed by atoms with van der Waals surface area (Å²) in [4.78, 5) is 4.42. The van der Waals surface area contributed by atoms with Crippen molar-refractivity contribution in [2.45, 2.75) is 41.6 Å². The Morgan fingerprint density at radius 1 is 1.14 bits per heavy atom. The molecule has 1 saturated carbocycles. The molecule has 2 aromatic rings. The molecule has 1 heterocycles. The highest BCUT2D eigenvalue weighted by molar-refractivity contribution is 8.00. The summed E-state index contributed by atoms with van der Waals surface area (Å²) in [6.07, 6.45) is 3.69. The number of rotatable bonds is 3. The lowest BCUT2D eigenvalue weighted by atomic mass is 9.99. The van der Waals surface area contributed by atoms with Crippen LogP contribution in [0.5, 0.6) is 0 Å². The summed E-state index contributed by atoms with van der Waals surface area (Å²) < 4.78 is 42.1. The van der Waals surface area contributed by atoms with Gasteiger partial charge >= 0.3 is 5.51 Å². The van der Waals surface area contributed by atoms with Crippen LogP contribution >= 0.6 is 11.8 Å². The van der Waals surface area contributed by atoms with Gasteiger partial charge in [-0.1, -0.05) is 18.0 Å². The quantitative estimate of drug-likeness (QED) is 0.860. The van der Waals surface area contributed by atoms with Crippen molar-refractivity contribution in [3.8, 4) is 11.5 Å². The van der Waals surface area contributed by atoms with E-state index in [1.807, 2.05) is 0 Å². The first kappa shape index (κ1) is 15.4. The normalized spacial score (nSPS) is 17.8. The van der Waals surface area contributed by atoms with E-state index in [4.69, 9.17) is 10.3 Å². The third kappa shape index (κ3) is 3.27. The van der Waals surface area contributed by atoms with Crippen molar-refractivity contribution in [1.29, 1.82) is 0 Å². The zero-order valence-electron chi connectivity index (χ0n) is 11.6. The third-order valence-corrected chi connectivity index (χ3v) is 4.44. The molecule has 1 aliphatic carbocycles. The molecule has 118 valence electrons. The van der Waals surface area contributed by atoms with E-state index in [9.17, 15) is 13.2 Å². The fourth-order valence-corrected chi connectivity index (χ4v) is 3.11. The van der Waals surface area contributed by atoms with Crippen LogP contribution in [0, 0.1) is 0 Å². The van der Waals surface area contributed by atoms with E-state index in [1.165, 1.54) is 24.3 Å². The molecule has 0 unspecified atom stereocenters. The molecule has 1 aromatic carbocycles. The van der Waals surface area contributed by atoms with Crippen LogP contribution in [-0.4, -0.2) is 15.6 Å². The SMILES string of the molecule is NC1(c2noc(-c3ccc(SC(F)(F)F)cc3)n2)CCCC1. The lowest BCUT2D eigenvalue weighted by molar-refractivity contribution is -0.0328. The average Bonchev–Trinajstić information content (AvgIpc) is 3.07. The van der Waals surface area contributed by atoms with Crippen molar-refractivity contribution in [3.05, 3.63) is 30.1 Å². The Kier molecular flexibility index (Phi) is 3.90. The molecule has 0 radical (unpaired) electrons. The lowest BCUT2D eigenvalue weighted by Gasteiger charge is -2.17. The van der Waals surface area contributed by atoms with Gasteiger partial charge in [0, 0.05) is 10.5 Å². The molecule has 1 aliphatic rings. The fourth-order valence-electron chi connectivity index (χ4n) is 2.57. The standard InChI is InChI=1S/C14H14F3N3OS/c15-14(16,17)22-10-5-3-9(4-6-10)11-19-12(20-21-11)13(18)7-1-2-8-13/h3-6H,1-2,7-8,18H2. The minimum atomic E-state index is -4.30. The van der Waals surface area contributed by atoms with Crippen molar-refractivity contribution in [2.75, 3.05) is 0 Å². The summed E-state index contributed by atoms with van der Waals surface area (Å²) in [7, 11) is 0. The van der Waals surface area contributed by atoms with Gasteiger partial charge in [0.1, 0.15) is 0 Å². The fraction of sp³-hybridized carbons (Fsp3) is 0.429. The Hall–Kier alpha value is -1.54. The predicted molar refractivity (Wildman–Crippen MR) is 76.0 cm³/mol. The molecule has 0 amide bonds. The van der Waals surface area contributed by atoms with Crippen molar-refractivity contribution in [3.63, 3.8) is 0 Å². The van der Waals surface area contributed by atoms with Gasteiger partial charge in [-0.05, 0) is 48.9 Å². The highest BCUT2D eigenvalue weighted by atomic mass is 32.2. The molecule has 3 rings (SSSR count). The van der Waals surface area contributed by atoms with Gasteiger partial charge in [0.2, 0.25) is 0 Å². The van der Waals surface area contributed by atoms with Gasteiger partial charge in [-0.15, -0.1) is 0 Å². The van der Waals surface area contributed by atoms with Gasteiger partial charge in [0.15, 0.2) is 5.82 Å². The summed E-state index contributed by atoms with van der Waals surface area (Å²) >= 11 is -0.157. The van der Waals surface area contributed by atoms with Gasteiger partial charge in [-0.3, -0.25) is 0 Å². The molecule has 22 heavy (non-hydrogen) atoms. The Balaban J connectivity index is 1.79. The van der Waals surface area contributed by atoms with Crippen LogP contribution in [0.1, 0.15) is 31.5 Å². The van der Waals surface area contributed by atoms with Crippen molar-refractivity contribution in [1.82, 2.24) is 10.1 Å². The summed E-state index contributed by atoms with van der Waals surface area (Å²) in [5.74, 6) is 0.740. The van der Waals surface area contributed by atoms with Crippen LogP contribution in [0.3, 0.4) is 0 Å². The minimum absolute atomic E-state index is 0.113. The smallest absolute Gasteiger partial charge is 0.334 e. The van der Waals surface area contributed by atoms with E-state index in [2.05, 4.69) is 10.1 Å². The number of alkyl halides is 3. The Bertz CT molecular complexity index is 648. The molecule has 1 fully saturated rings. The molecule has 0 spiro atoms. The van der Waals surface area contributed by atoms with Crippen LogP contribution < -0.4 is 5.73 Å². The zero-order chi connectivity index (χ0) is 15.8. The molecule has 0 bridgehead atoms. The van der Waals surface area contributed by atoms with Crippen molar-refractivity contribution in [2.24, 2.45) is 5.73 Å². The van der Waals surface area contributed by atoms with E-state index in [1.54, 1.807) is 0 Å². The number of aromatic nitrogens is 2. The summed E-state index contributed by atoms with van der Waals surface area (Å²) in [6, 6.07) is 5.82. The number of nitrogens with zero attached hydrogens (tertiary/aromatic N) is 2. The highest BCUT2D eigenvalue weighted by Gasteiger charge is 2.36. The second-order valence-corrected chi connectivity index (χ2v) is 6.50. The topological polar surface area (TPSA) is 64.9 Å². The maximum absolute atomic E-state index is 12.3. The average molecular weight is 329 g/mol. The first-order valence-electron chi connectivity index (χ1n) is 6.85. The molecule has 2 N–H and O–H groups in total. The molecule has 0 atom stereocenters. The van der Waals surface area contributed by atoms with E-state index in [0.29, 0.717) is 11.4 Å². The van der Waals surface area contributed by atoms with Gasteiger partial charge in [0.05, 0.1) is 5.54 Å².